The molecule has 2 aromatic rings. The summed E-state index contributed by atoms with van der Waals surface area (Å²) in [4.78, 5) is 11.8. The highest BCUT2D eigenvalue weighted by molar-refractivity contribution is 5.53. The van der Waals surface area contributed by atoms with Crippen molar-refractivity contribution in [3.8, 4) is 6.07 Å². The molecular formula is C17H16F3N5. The minimum Gasteiger partial charge on any atom is -0.353 e. The fourth-order valence-electron chi connectivity index (χ4n) is 2.84. The Hall–Kier alpha value is -2.66. The van der Waals surface area contributed by atoms with Crippen LogP contribution >= 0.6 is 0 Å². The molecule has 1 fully saturated rings. The zero-order valence-corrected chi connectivity index (χ0v) is 13.4. The van der Waals surface area contributed by atoms with Gasteiger partial charge in [0.1, 0.15) is 17.6 Å². The van der Waals surface area contributed by atoms with Crippen LogP contribution in [0.1, 0.15) is 16.8 Å². The van der Waals surface area contributed by atoms with Crippen molar-refractivity contribution in [3.05, 3.63) is 53.5 Å². The minimum absolute atomic E-state index is 0.437. The van der Waals surface area contributed by atoms with Crippen LogP contribution in [0.5, 0.6) is 0 Å². The molecule has 0 radical (unpaired) electrons. The molecule has 0 amide bonds. The second kappa shape index (κ2) is 7.07. The van der Waals surface area contributed by atoms with E-state index >= 15 is 0 Å². The van der Waals surface area contributed by atoms with Crippen LogP contribution in [0.4, 0.5) is 19.0 Å². The van der Waals surface area contributed by atoms with Gasteiger partial charge in [-0.2, -0.15) is 18.4 Å². The normalized spacial score (nSPS) is 15.8. The Balaban J connectivity index is 1.63. The summed E-state index contributed by atoms with van der Waals surface area (Å²) in [7, 11) is 0. The maximum Gasteiger partial charge on any atom is 0.433 e. The number of halogens is 3. The monoisotopic (exact) mass is 347 g/mol. The Morgan fingerprint density at radius 1 is 1.08 bits per heavy atom. The summed E-state index contributed by atoms with van der Waals surface area (Å²) < 4.78 is 38.2. The smallest absolute Gasteiger partial charge is 0.353 e. The van der Waals surface area contributed by atoms with Gasteiger partial charge in [-0.25, -0.2) is 4.98 Å². The maximum absolute atomic E-state index is 12.7. The van der Waals surface area contributed by atoms with E-state index in [1.807, 2.05) is 4.90 Å². The summed E-state index contributed by atoms with van der Waals surface area (Å²) in [6.07, 6.45) is -1.58. The molecule has 1 saturated heterocycles. The standard InChI is InChI=1S/C17H16F3N5/c18-17(19,20)15-10-13(3-5-22-15)12-24-6-8-25(9-7-24)16-14(11-21)2-1-4-23-16/h1-5,10H,6-9,12H2. The number of aromatic nitrogens is 2. The molecule has 0 atom stereocenters. The zero-order chi connectivity index (χ0) is 17.9. The molecule has 0 N–H and O–H groups in total. The molecule has 0 saturated carbocycles. The first-order chi connectivity index (χ1) is 12.0. The molecule has 3 rings (SSSR count). The van der Waals surface area contributed by atoms with E-state index in [2.05, 4.69) is 20.9 Å². The van der Waals surface area contributed by atoms with Crippen LogP contribution in [0.25, 0.3) is 0 Å². The summed E-state index contributed by atoms with van der Waals surface area (Å²) in [6, 6.07) is 8.28. The highest BCUT2D eigenvalue weighted by Crippen LogP contribution is 2.28. The summed E-state index contributed by atoms with van der Waals surface area (Å²) in [6.45, 7) is 3.15. The van der Waals surface area contributed by atoms with Crippen molar-refractivity contribution in [1.82, 2.24) is 14.9 Å². The van der Waals surface area contributed by atoms with Crippen LogP contribution in [0.2, 0.25) is 0 Å². The lowest BCUT2D eigenvalue weighted by atomic mass is 10.2. The first kappa shape index (κ1) is 17.2. The Labute approximate surface area is 143 Å². The average molecular weight is 347 g/mol. The van der Waals surface area contributed by atoms with Gasteiger partial charge in [0.15, 0.2) is 0 Å². The Kier molecular flexibility index (Phi) is 4.86. The summed E-state index contributed by atoms with van der Waals surface area (Å²) in [5.41, 5.74) is 0.252. The Morgan fingerprint density at radius 3 is 2.52 bits per heavy atom. The molecule has 25 heavy (non-hydrogen) atoms. The molecule has 0 bridgehead atoms. The van der Waals surface area contributed by atoms with Crippen molar-refractivity contribution >= 4 is 5.82 Å². The maximum atomic E-state index is 12.7. The van der Waals surface area contributed by atoms with E-state index in [1.165, 1.54) is 6.20 Å². The number of alkyl halides is 3. The van der Waals surface area contributed by atoms with Crippen molar-refractivity contribution < 1.29 is 13.2 Å². The molecule has 0 spiro atoms. The molecule has 8 heteroatoms. The van der Waals surface area contributed by atoms with Crippen molar-refractivity contribution in [2.75, 3.05) is 31.1 Å². The summed E-state index contributed by atoms with van der Waals surface area (Å²) in [5, 5.41) is 9.16. The molecular weight excluding hydrogens is 331 g/mol. The van der Waals surface area contributed by atoms with E-state index in [-0.39, 0.29) is 0 Å². The van der Waals surface area contributed by atoms with Crippen LogP contribution in [0.15, 0.2) is 36.7 Å². The second-order valence-electron chi connectivity index (χ2n) is 5.80. The highest BCUT2D eigenvalue weighted by Gasteiger charge is 2.32. The van der Waals surface area contributed by atoms with Crippen LogP contribution in [-0.2, 0) is 12.7 Å². The number of nitrogens with zero attached hydrogens (tertiary/aromatic N) is 5. The number of pyridine rings is 2. The number of nitriles is 1. The number of hydrogen-bond acceptors (Lipinski definition) is 5. The predicted molar refractivity (Wildman–Crippen MR) is 85.7 cm³/mol. The third-order valence-corrected chi connectivity index (χ3v) is 4.10. The van der Waals surface area contributed by atoms with E-state index in [0.717, 1.165) is 6.07 Å². The minimum atomic E-state index is -4.43. The van der Waals surface area contributed by atoms with Crippen LogP contribution in [-0.4, -0.2) is 41.0 Å². The highest BCUT2D eigenvalue weighted by atomic mass is 19.4. The van der Waals surface area contributed by atoms with Crippen LogP contribution in [0.3, 0.4) is 0 Å². The zero-order valence-electron chi connectivity index (χ0n) is 13.4. The van der Waals surface area contributed by atoms with Gasteiger partial charge in [-0.1, -0.05) is 0 Å². The van der Waals surface area contributed by atoms with Crippen molar-refractivity contribution in [2.45, 2.75) is 12.7 Å². The molecule has 0 aliphatic carbocycles. The third-order valence-electron chi connectivity index (χ3n) is 4.10. The summed E-state index contributed by atoms with van der Waals surface area (Å²) in [5.74, 6) is 0.660. The number of anilines is 1. The molecule has 1 aliphatic heterocycles. The topological polar surface area (TPSA) is 56.1 Å². The van der Waals surface area contributed by atoms with Gasteiger partial charge in [-0.05, 0) is 29.8 Å². The van der Waals surface area contributed by atoms with Gasteiger partial charge < -0.3 is 4.90 Å². The van der Waals surface area contributed by atoms with Gasteiger partial charge in [0.05, 0.1) is 5.56 Å². The SMILES string of the molecule is N#Cc1cccnc1N1CCN(Cc2ccnc(C(F)(F)F)c2)CC1. The Morgan fingerprint density at radius 2 is 1.84 bits per heavy atom. The summed E-state index contributed by atoms with van der Waals surface area (Å²) >= 11 is 0. The van der Waals surface area contributed by atoms with Gasteiger partial charge in [-0.3, -0.25) is 9.88 Å². The Bertz CT molecular complexity index is 776. The molecule has 0 unspecified atom stereocenters. The lowest BCUT2D eigenvalue weighted by Gasteiger charge is -2.35. The van der Waals surface area contributed by atoms with E-state index in [9.17, 15) is 13.2 Å². The number of hydrogen-bond donors (Lipinski definition) is 0. The molecule has 1 aliphatic rings. The van der Waals surface area contributed by atoms with Crippen LogP contribution in [0, 0.1) is 11.3 Å². The van der Waals surface area contributed by atoms with Gasteiger partial charge >= 0.3 is 6.18 Å². The molecule has 3 heterocycles. The number of rotatable bonds is 3. The van der Waals surface area contributed by atoms with E-state index in [0.29, 0.717) is 49.7 Å². The van der Waals surface area contributed by atoms with E-state index in [4.69, 9.17) is 5.26 Å². The first-order valence-corrected chi connectivity index (χ1v) is 7.82. The van der Waals surface area contributed by atoms with Gasteiger partial charge in [-0.15, -0.1) is 0 Å². The fourth-order valence-corrected chi connectivity index (χ4v) is 2.84. The molecule has 2 aromatic heterocycles. The molecule has 5 nitrogen and oxygen atoms in total. The van der Waals surface area contributed by atoms with Gasteiger partial charge in [0.25, 0.3) is 0 Å². The van der Waals surface area contributed by atoms with Gasteiger partial charge in [0.2, 0.25) is 0 Å². The first-order valence-electron chi connectivity index (χ1n) is 7.82. The second-order valence-corrected chi connectivity index (χ2v) is 5.80. The van der Waals surface area contributed by atoms with Crippen molar-refractivity contribution in [2.24, 2.45) is 0 Å². The average Bonchev–Trinajstić information content (AvgIpc) is 2.62. The lowest BCUT2D eigenvalue weighted by molar-refractivity contribution is -0.141. The van der Waals surface area contributed by atoms with E-state index in [1.54, 1.807) is 24.4 Å². The van der Waals surface area contributed by atoms with Crippen molar-refractivity contribution in [3.63, 3.8) is 0 Å². The van der Waals surface area contributed by atoms with Gasteiger partial charge in [0, 0.05) is 45.1 Å². The van der Waals surface area contributed by atoms with Crippen molar-refractivity contribution in [1.29, 1.82) is 5.26 Å². The lowest BCUT2D eigenvalue weighted by Crippen LogP contribution is -2.46. The third kappa shape index (κ3) is 4.06. The molecule has 0 aromatic carbocycles. The quantitative estimate of drug-likeness (QED) is 0.854. The largest absolute Gasteiger partial charge is 0.433 e. The fraction of sp³-hybridized carbons (Fsp3) is 0.353. The number of piperazine rings is 1. The molecule has 130 valence electrons. The van der Waals surface area contributed by atoms with E-state index < -0.39 is 11.9 Å². The van der Waals surface area contributed by atoms with Crippen LogP contribution < -0.4 is 4.90 Å². The predicted octanol–water partition coefficient (Wildman–Crippen LogP) is 2.69.